The predicted octanol–water partition coefficient (Wildman–Crippen LogP) is 5.57. The fourth-order valence-corrected chi connectivity index (χ4v) is 4.15. The smallest absolute Gasteiger partial charge is 0.382 e. The molecule has 0 bridgehead atoms. The molecule has 1 N–H and O–H groups in total. The van der Waals surface area contributed by atoms with Crippen LogP contribution in [0.2, 0.25) is 5.02 Å². The van der Waals surface area contributed by atoms with Crippen molar-refractivity contribution in [2.45, 2.75) is 44.3 Å². The number of nitrogens with one attached hydrogen (secondary N) is 1. The van der Waals surface area contributed by atoms with Crippen molar-refractivity contribution in [2.24, 2.45) is 0 Å². The average Bonchev–Trinajstić information content (AvgIpc) is 3.10. The molecule has 178 valence electrons. The van der Waals surface area contributed by atoms with Crippen LogP contribution in [0.4, 0.5) is 32.3 Å². The van der Waals surface area contributed by atoms with Crippen LogP contribution in [-0.4, -0.2) is 39.7 Å². The normalized spacial score (nSPS) is 18.0. The summed E-state index contributed by atoms with van der Waals surface area (Å²) in [5.41, 5.74) is 2.28. The Balaban J connectivity index is 1.87. The standard InChI is InChI=1S/C20H18ClF6N5O/c1-9(33-2)7-14-15-11(12-8-10(21)3-4-13(12)28-15)5-6-32(14)18-30-16(19(22,23)24)29-17(31-18)20(25,26)27/h3-4,8-9,14,28H,5-7H2,1-2H3/t9-,14-/m1/s1. The van der Waals surface area contributed by atoms with Gasteiger partial charge in [0.05, 0.1) is 12.1 Å². The molecule has 13 heteroatoms. The van der Waals surface area contributed by atoms with Crippen molar-refractivity contribution in [3.63, 3.8) is 0 Å². The molecule has 0 aliphatic carbocycles. The lowest BCUT2D eigenvalue weighted by atomic mass is 9.94. The molecule has 2 aromatic heterocycles. The van der Waals surface area contributed by atoms with E-state index in [1.54, 1.807) is 25.1 Å². The number of fused-ring (bicyclic) bond motifs is 3. The van der Waals surface area contributed by atoms with Crippen molar-refractivity contribution in [3.05, 3.63) is 46.1 Å². The highest BCUT2D eigenvalue weighted by Crippen LogP contribution is 2.40. The van der Waals surface area contributed by atoms with Gasteiger partial charge in [0.15, 0.2) is 0 Å². The Labute approximate surface area is 188 Å². The SMILES string of the molecule is CO[C@H](C)C[C@@H]1c2[nH]c3ccc(Cl)cc3c2CCN1c1nc(C(F)(F)F)nc(C(F)(F)F)n1. The number of hydrogen-bond acceptors (Lipinski definition) is 5. The second-order valence-electron chi connectivity index (χ2n) is 7.73. The van der Waals surface area contributed by atoms with E-state index in [4.69, 9.17) is 16.3 Å². The molecule has 33 heavy (non-hydrogen) atoms. The summed E-state index contributed by atoms with van der Waals surface area (Å²) in [5, 5.41) is 1.35. The maximum atomic E-state index is 13.3. The Morgan fingerprint density at radius 3 is 2.33 bits per heavy atom. The summed E-state index contributed by atoms with van der Waals surface area (Å²) in [5.74, 6) is -4.49. The molecule has 1 aromatic carbocycles. The summed E-state index contributed by atoms with van der Waals surface area (Å²) in [4.78, 5) is 13.9. The number of alkyl halides is 6. The van der Waals surface area contributed by atoms with Crippen LogP contribution in [-0.2, 0) is 23.5 Å². The van der Waals surface area contributed by atoms with Gasteiger partial charge in [0.2, 0.25) is 17.6 Å². The molecular weight excluding hydrogens is 476 g/mol. The van der Waals surface area contributed by atoms with E-state index in [-0.39, 0.29) is 19.1 Å². The zero-order chi connectivity index (χ0) is 24.1. The van der Waals surface area contributed by atoms with Crippen molar-refractivity contribution >= 4 is 28.5 Å². The highest BCUT2D eigenvalue weighted by molar-refractivity contribution is 6.31. The highest BCUT2D eigenvalue weighted by Gasteiger charge is 2.43. The molecule has 0 amide bonds. The Kier molecular flexibility index (Phi) is 5.94. The number of ether oxygens (including phenoxy) is 1. The third-order valence-corrected chi connectivity index (χ3v) is 5.79. The molecule has 3 aromatic rings. The van der Waals surface area contributed by atoms with Gasteiger partial charge >= 0.3 is 12.4 Å². The predicted molar refractivity (Wildman–Crippen MR) is 108 cm³/mol. The quantitative estimate of drug-likeness (QED) is 0.481. The lowest BCUT2D eigenvalue weighted by Gasteiger charge is -2.37. The molecule has 6 nitrogen and oxygen atoms in total. The number of H-pyrrole nitrogens is 1. The average molecular weight is 494 g/mol. The molecule has 1 aliphatic heterocycles. The van der Waals surface area contributed by atoms with Crippen molar-refractivity contribution in [2.75, 3.05) is 18.6 Å². The minimum absolute atomic E-state index is 0.0895. The van der Waals surface area contributed by atoms with Crippen LogP contribution in [0.25, 0.3) is 10.9 Å². The number of aromatic amines is 1. The van der Waals surface area contributed by atoms with Gasteiger partial charge in [0, 0.05) is 35.3 Å². The van der Waals surface area contributed by atoms with Gasteiger partial charge in [-0.3, -0.25) is 0 Å². The molecule has 0 saturated carbocycles. The first kappa shape index (κ1) is 23.6. The Bertz CT molecular complexity index is 1150. The van der Waals surface area contributed by atoms with Gasteiger partial charge in [-0.05, 0) is 43.5 Å². The van der Waals surface area contributed by atoms with E-state index >= 15 is 0 Å². The molecule has 2 atom stereocenters. The summed E-state index contributed by atoms with van der Waals surface area (Å²) in [7, 11) is 1.47. The van der Waals surface area contributed by atoms with Crippen molar-refractivity contribution in [1.29, 1.82) is 0 Å². The van der Waals surface area contributed by atoms with Crippen LogP contribution in [0.5, 0.6) is 0 Å². The first-order chi connectivity index (χ1) is 15.4. The molecule has 0 saturated heterocycles. The lowest BCUT2D eigenvalue weighted by molar-refractivity contribution is -0.155. The van der Waals surface area contributed by atoms with Gasteiger partial charge in [-0.25, -0.2) is 4.98 Å². The van der Waals surface area contributed by atoms with Crippen molar-refractivity contribution in [1.82, 2.24) is 19.9 Å². The summed E-state index contributed by atoms with van der Waals surface area (Å²) < 4.78 is 85.2. The number of benzene rings is 1. The summed E-state index contributed by atoms with van der Waals surface area (Å²) in [6.07, 6.45) is -10.1. The number of nitrogens with zero attached hydrogens (tertiary/aromatic N) is 4. The highest BCUT2D eigenvalue weighted by atomic mass is 35.5. The number of anilines is 1. The molecule has 1 aliphatic rings. The van der Waals surface area contributed by atoms with Gasteiger partial charge in [0.1, 0.15) is 0 Å². The van der Waals surface area contributed by atoms with Gasteiger partial charge in [-0.15, -0.1) is 0 Å². The largest absolute Gasteiger partial charge is 0.451 e. The van der Waals surface area contributed by atoms with Gasteiger partial charge in [-0.2, -0.15) is 36.3 Å². The van der Waals surface area contributed by atoms with E-state index in [9.17, 15) is 26.3 Å². The topological polar surface area (TPSA) is 66.9 Å². The van der Waals surface area contributed by atoms with Crippen LogP contribution in [0, 0.1) is 0 Å². The van der Waals surface area contributed by atoms with E-state index < -0.39 is 36.0 Å². The molecule has 0 unspecified atom stereocenters. The number of halogens is 7. The maximum Gasteiger partial charge on any atom is 0.451 e. The van der Waals surface area contributed by atoms with E-state index in [0.29, 0.717) is 17.1 Å². The van der Waals surface area contributed by atoms with E-state index in [0.717, 1.165) is 16.5 Å². The van der Waals surface area contributed by atoms with Crippen LogP contribution < -0.4 is 4.90 Å². The van der Waals surface area contributed by atoms with Crippen LogP contribution in [0.1, 0.15) is 42.3 Å². The zero-order valence-corrected chi connectivity index (χ0v) is 18.1. The lowest BCUT2D eigenvalue weighted by Crippen LogP contribution is -2.39. The summed E-state index contributed by atoms with van der Waals surface area (Å²) in [6, 6.07) is 4.56. The fraction of sp³-hybridized carbons (Fsp3) is 0.450. The van der Waals surface area contributed by atoms with Crippen LogP contribution in [0.3, 0.4) is 0 Å². The molecule has 3 heterocycles. The molecule has 0 radical (unpaired) electrons. The minimum atomic E-state index is -5.17. The van der Waals surface area contributed by atoms with Crippen LogP contribution in [0.15, 0.2) is 18.2 Å². The third-order valence-electron chi connectivity index (χ3n) is 5.56. The Morgan fingerprint density at radius 1 is 1.12 bits per heavy atom. The summed E-state index contributed by atoms with van der Waals surface area (Å²) in [6.45, 7) is 1.84. The number of rotatable bonds is 4. The van der Waals surface area contributed by atoms with Crippen LogP contribution >= 0.6 is 11.6 Å². The van der Waals surface area contributed by atoms with Gasteiger partial charge < -0.3 is 14.6 Å². The number of hydrogen-bond donors (Lipinski definition) is 1. The molecular formula is C20H18ClF6N5O. The third kappa shape index (κ3) is 4.58. The second kappa shape index (κ2) is 8.32. The second-order valence-corrected chi connectivity index (χ2v) is 8.16. The van der Waals surface area contributed by atoms with E-state index in [1.165, 1.54) is 12.0 Å². The maximum absolute atomic E-state index is 13.3. The summed E-state index contributed by atoms with van der Waals surface area (Å²) >= 11 is 6.12. The van der Waals surface area contributed by atoms with Gasteiger partial charge in [-0.1, -0.05) is 11.6 Å². The molecule has 4 rings (SSSR count). The zero-order valence-electron chi connectivity index (χ0n) is 17.4. The monoisotopic (exact) mass is 493 g/mol. The van der Waals surface area contributed by atoms with Crippen molar-refractivity contribution < 1.29 is 31.1 Å². The Hall–Kier alpha value is -2.60. The number of aromatic nitrogens is 4. The van der Waals surface area contributed by atoms with Gasteiger partial charge in [0.25, 0.3) is 0 Å². The van der Waals surface area contributed by atoms with E-state index in [2.05, 4.69) is 19.9 Å². The first-order valence-corrected chi connectivity index (χ1v) is 10.3. The fourth-order valence-electron chi connectivity index (χ4n) is 3.98. The minimum Gasteiger partial charge on any atom is -0.382 e. The molecule has 0 fully saturated rings. The van der Waals surface area contributed by atoms with Crippen molar-refractivity contribution in [3.8, 4) is 0 Å². The van der Waals surface area contributed by atoms with E-state index in [1.807, 2.05) is 0 Å². The Morgan fingerprint density at radius 2 is 1.76 bits per heavy atom. The molecule has 0 spiro atoms. The first-order valence-electron chi connectivity index (χ1n) is 9.88. The number of methoxy groups -OCH3 is 1.